The standard InChI is InChI=1S/C19H21ClN2O4S/c20-15-7-2-1-5-13(15)11-16-18(25)22(19(26)27-16)12-17(24)21-9-4-3-6-14(21)8-10-23/h1-2,5,7,11,14,23H,3-4,6,8-10,12H2/b16-11-/t14-/m0/s1. The maximum absolute atomic E-state index is 12.7. The lowest BCUT2D eigenvalue weighted by molar-refractivity contribution is -0.139. The lowest BCUT2D eigenvalue weighted by Gasteiger charge is -2.36. The molecule has 1 atom stereocenters. The van der Waals surface area contributed by atoms with E-state index >= 15 is 0 Å². The first-order valence-electron chi connectivity index (χ1n) is 8.91. The average molecular weight is 409 g/mol. The van der Waals surface area contributed by atoms with Crippen molar-refractivity contribution in [3.63, 3.8) is 0 Å². The van der Waals surface area contributed by atoms with Crippen molar-refractivity contribution in [2.45, 2.75) is 31.7 Å². The normalized spacial score (nSPS) is 22.0. The van der Waals surface area contributed by atoms with Gasteiger partial charge in [0.1, 0.15) is 6.54 Å². The smallest absolute Gasteiger partial charge is 0.294 e. The van der Waals surface area contributed by atoms with Gasteiger partial charge in [-0.25, -0.2) is 0 Å². The lowest BCUT2D eigenvalue weighted by Crippen LogP contribution is -2.49. The van der Waals surface area contributed by atoms with Crippen LogP contribution in [-0.2, 0) is 9.59 Å². The van der Waals surface area contributed by atoms with Crippen molar-refractivity contribution < 1.29 is 19.5 Å². The first kappa shape index (κ1) is 19.9. The number of aliphatic hydroxyl groups excluding tert-OH is 1. The summed E-state index contributed by atoms with van der Waals surface area (Å²) in [4.78, 5) is 40.5. The van der Waals surface area contributed by atoms with Gasteiger partial charge in [0.05, 0.1) is 4.91 Å². The van der Waals surface area contributed by atoms with Gasteiger partial charge >= 0.3 is 0 Å². The topological polar surface area (TPSA) is 77.9 Å². The summed E-state index contributed by atoms with van der Waals surface area (Å²) < 4.78 is 0. The average Bonchev–Trinajstić information content (AvgIpc) is 2.92. The van der Waals surface area contributed by atoms with Crippen molar-refractivity contribution in [1.29, 1.82) is 0 Å². The Hall–Kier alpha value is -1.83. The van der Waals surface area contributed by atoms with E-state index in [1.54, 1.807) is 35.2 Å². The van der Waals surface area contributed by atoms with E-state index in [0.717, 1.165) is 35.9 Å². The van der Waals surface area contributed by atoms with Gasteiger partial charge in [-0.2, -0.15) is 0 Å². The lowest BCUT2D eigenvalue weighted by atomic mass is 9.99. The number of carbonyl (C=O) groups is 3. The number of carbonyl (C=O) groups excluding carboxylic acids is 3. The summed E-state index contributed by atoms with van der Waals surface area (Å²) in [5, 5.41) is 9.24. The van der Waals surface area contributed by atoms with E-state index in [1.165, 1.54) is 0 Å². The molecule has 2 saturated heterocycles. The molecule has 0 spiro atoms. The SMILES string of the molecule is O=C1S/C(=C\c2ccccc2Cl)C(=O)N1CC(=O)N1CCCC[C@H]1CCO. The second kappa shape index (κ2) is 8.91. The minimum atomic E-state index is -0.478. The van der Waals surface area contributed by atoms with Gasteiger partial charge in [-0.1, -0.05) is 29.8 Å². The van der Waals surface area contributed by atoms with Crippen molar-refractivity contribution in [3.8, 4) is 0 Å². The molecule has 27 heavy (non-hydrogen) atoms. The highest BCUT2D eigenvalue weighted by molar-refractivity contribution is 8.18. The third kappa shape index (κ3) is 4.54. The Morgan fingerprint density at radius 1 is 1.30 bits per heavy atom. The molecule has 1 N–H and O–H groups in total. The van der Waals surface area contributed by atoms with Gasteiger partial charge in [0.25, 0.3) is 11.1 Å². The quantitative estimate of drug-likeness (QED) is 0.757. The van der Waals surface area contributed by atoms with E-state index in [4.69, 9.17) is 11.6 Å². The molecule has 3 amide bonds. The van der Waals surface area contributed by atoms with Crippen molar-refractivity contribution in [1.82, 2.24) is 9.80 Å². The van der Waals surface area contributed by atoms with Gasteiger partial charge in [-0.15, -0.1) is 0 Å². The Balaban J connectivity index is 1.72. The minimum absolute atomic E-state index is 0.0105. The second-order valence-corrected chi connectivity index (χ2v) is 7.94. The van der Waals surface area contributed by atoms with Crippen LogP contribution in [0.15, 0.2) is 29.2 Å². The number of hydrogen-bond acceptors (Lipinski definition) is 5. The maximum atomic E-state index is 12.7. The number of likely N-dealkylation sites (tertiary alicyclic amines) is 1. The fraction of sp³-hybridized carbons (Fsp3) is 0.421. The molecule has 144 valence electrons. The molecule has 0 aliphatic carbocycles. The monoisotopic (exact) mass is 408 g/mol. The van der Waals surface area contributed by atoms with Gasteiger partial charge in [0, 0.05) is 24.2 Å². The third-order valence-electron chi connectivity index (χ3n) is 4.77. The zero-order valence-electron chi connectivity index (χ0n) is 14.8. The molecule has 0 unspecified atom stereocenters. The number of halogens is 1. The van der Waals surface area contributed by atoms with Gasteiger partial charge < -0.3 is 10.0 Å². The summed E-state index contributed by atoms with van der Waals surface area (Å²) in [6.07, 6.45) is 4.83. The van der Waals surface area contributed by atoms with Crippen LogP contribution in [-0.4, -0.2) is 57.7 Å². The second-order valence-electron chi connectivity index (χ2n) is 6.54. The first-order valence-corrected chi connectivity index (χ1v) is 10.1. The van der Waals surface area contributed by atoms with Crippen LogP contribution in [0.1, 0.15) is 31.2 Å². The predicted octanol–water partition coefficient (Wildman–Crippen LogP) is 3.14. The van der Waals surface area contributed by atoms with E-state index < -0.39 is 11.1 Å². The van der Waals surface area contributed by atoms with Crippen molar-refractivity contribution >= 4 is 46.5 Å². The van der Waals surface area contributed by atoms with Crippen LogP contribution >= 0.6 is 23.4 Å². The van der Waals surface area contributed by atoms with Crippen LogP contribution in [0.2, 0.25) is 5.02 Å². The highest BCUT2D eigenvalue weighted by Gasteiger charge is 2.38. The number of piperidine rings is 1. The van der Waals surface area contributed by atoms with Crippen LogP contribution in [0.25, 0.3) is 6.08 Å². The predicted molar refractivity (Wildman–Crippen MR) is 105 cm³/mol. The highest BCUT2D eigenvalue weighted by Crippen LogP contribution is 2.33. The van der Waals surface area contributed by atoms with E-state index in [-0.39, 0.29) is 30.0 Å². The Bertz CT molecular complexity index is 781. The zero-order valence-corrected chi connectivity index (χ0v) is 16.3. The molecule has 0 saturated carbocycles. The molecule has 6 nitrogen and oxygen atoms in total. The van der Waals surface area contributed by atoms with Crippen LogP contribution < -0.4 is 0 Å². The van der Waals surface area contributed by atoms with Crippen molar-refractivity contribution in [3.05, 3.63) is 39.8 Å². The van der Waals surface area contributed by atoms with Crippen LogP contribution in [0.4, 0.5) is 4.79 Å². The molecule has 1 aromatic carbocycles. The molecule has 0 aromatic heterocycles. The first-order chi connectivity index (χ1) is 13.0. The fourth-order valence-electron chi connectivity index (χ4n) is 3.37. The largest absolute Gasteiger partial charge is 0.396 e. The third-order valence-corrected chi connectivity index (χ3v) is 6.02. The zero-order chi connectivity index (χ0) is 19.4. The Morgan fingerprint density at radius 3 is 2.81 bits per heavy atom. The van der Waals surface area contributed by atoms with E-state index in [9.17, 15) is 19.5 Å². The number of amides is 3. The molecule has 3 rings (SSSR count). The summed E-state index contributed by atoms with van der Waals surface area (Å²) >= 11 is 6.92. The van der Waals surface area contributed by atoms with Crippen LogP contribution in [0.3, 0.4) is 0 Å². The molecule has 2 fully saturated rings. The van der Waals surface area contributed by atoms with Gasteiger partial charge in [-0.3, -0.25) is 19.3 Å². The van der Waals surface area contributed by atoms with Gasteiger partial charge in [0.15, 0.2) is 0 Å². The summed E-state index contributed by atoms with van der Waals surface area (Å²) in [6.45, 7) is 0.332. The number of hydrogen-bond donors (Lipinski definition) is 1. The molecule has 2 aliphatic heterocycles. The number of thioether (sulfide) groups is 1. The van der Waals surface area contributed by atoms with E-state index in [1.807, 2.05) is 0 Å². The molecule has 0 radical (unpaired) electrons. The Labute approximate surface area is 167 Å². The van der Waals surface area contributed by atoms with Gasteiger partial charge in [-0.05, 0) is 55.2 Å². The Kier molecular flexibility index (Phi) is 6.57. The molecule has 8 heteroatoms. The summed E-state index contributed by atoms with van der Waals surface area (Å²) in [5.74, 6) is -0.733. The number of benzene rings is 1. The van der Waals surface area contributed by atoms with E-state index in [2.05, 4.69) is 0 Å². The molecule has 0 bridgehead atoms. The fourth-order valence-corrected chi connectivity index (χ4v) is 4.39. The van der Waals surface area contributed by atoms with Crippen molar-refractivity contribution in [2.24, 2.45) is 0 Å². The number of rotatable bonds is 5. The Morgan fingerprint density at radius 2 is 2.07 bits per heavy atom. The van der Waals surface area contributed by atoms with Gasteiger partial charge in [0.2, 0.25) is 5.91 Å². The molecular formula is C19H21ClN2O4S. The molecule has 2 heterocycles. The number of nitrogens with zero attached hydrogens (tertiary/aromatic N) is 2. The number of aliphatic hydroxyl groups is 1. The number of imide groups is 1. The maximum Gasteiger partial charge on any atom is 0.294 e. The summed E-state index contributed by atoms with van der Waals surface area (Å²) in [7, 11) is 0. The van der Waals surface area contributed by atoms with Crippen LogP contribution in [0, 0.1) is 0 Å². The summed E-state index contributed by atoms with van der Waals surface area (Å²) in [6, 6.07) is 7.01. The minimum Gasteiger partial charge on any atom is -0.396 e. The molecule has 1 aromatic rings. The highest BCUT2D eigenvalue weighted by atomic mass is 35.5. The molecular weight excluding hydrogens is 388 g/mol. The van der Waals surface area contributed by atoms with Crippen molar-refractivity contribution in [2.75, 3.05) is 19.7 Å². The molecule has 2 aliphatic rings. The van der Waals surface area contributed by atoms with E-state index in [0.29, 0.717) is 23.6 Å². The summed E-state index contributed by atoms with van der Waals surface area (Å²) in [5.41, 5.74) is 0.648. The van der Waals surface area contributed by atoms with Crippen LogP contribution in [0.5, 0.6) is 0 Å².